The molecular weight excluding hydrogens is 307 g/mol. The van der Waals surface area contributed by atoms with Crippen molar-refractivity contribution in [2.75, 3.05) is 0 Å². The van der Waals surface area contributed by atoms with Gasteiger partial charge in [-0.25, -0.2) is 4.68 Å². The predicted octanol–water partition coefficient (Wildman–Crippen LogP) is 4.20. The minimum atomic E-state index is -4.61. The van der Waals surface area contributed by atoms with Gasteiger partial charge in [0.1, 0.15) is 0 Å². The Balaban J connectivity index is 2.23. The molecule has 4 nitrogen and oxygen atoms in total. The van der Waals surface area contributed by atoms with Gasteiger partial charge >= 0.3 is 6.18 Å². The molecule has 0 aliphatic heterocycles. The SMILES string of the molecule is FC(F)(F)c1c(-c2ccno2)cnn1-c1cccc(Cl)c1. The number of benzene rings is 1. The molecule has 0 fully saturated rings. The van der Waals surface area contributed by atoms with E-state index in [1.165, 1.54) is 24.4 Å². The molecule has 0 atom stereocenters. The first-order valence-corrected chi connectivity index (χ1v) is 6.17. The first-order valence-electron chi connectivity index (χ1n) is 5.79. The molecule has 0 amide bonds. The lowest BCUT2D eigenvalue weighted by Gasteiger charge is -2.12. The lowest BCUT2D eigenvalue weighted by atomic mass is 10.2. The summed E-state index contributed by atoms with van der Waals surface area (Å²) in [7, 11) is 0. The Morgan fingerprint density at radius 2 is 2.00 bits per heavy atom. The van der Waals surface area contributed by atoms with E-state index in [0.717, 1.165) is 10.9 Å². The Morgan fingerprint density at radius 3 is 2.62 bits per heavy atom. The molecule has 0 saturated carbocycles. The molecule has 0 aliphatic rings. The van der Waals surface area contributed by atoms with Crippen molar-refractivity contribution in [1.29, 1.82) is 0 Å². The monoisotopic (exact) mass is 313 g/mol. The van der Waals surface area contributed by atoms with E-state index >= 15 is 0 Å². The van der Waals surface area contributed by atoms with Crippen LogP contribution in [-0.2, 0) is 6.18 Å². The topological polar surface area (TPSA) is 43.9 Å². The van der Waals surface area contributed by atoms with Gasteiger partial charge < -0.3 is 4.52 Å². The molecule has 0 unspecified atom stereocenters. The van der Waals surface area contributed by atoms with E-state index in [0.29, 0.717) is 5.02 Å². The highest BCUT2D eigenvalue weighted by molar-refractivity contribution is 6.30. The van der Waals surface area contributed by atoms with E-state index in [1.807, 2.05) is 0 Å². The normalized spacial score (nSPS) is 11.8. The van der Waals surface area contributed by atoms with E-state index in [4.69, 9.17) is 16.1 Å². The van der Waals surface area contributed by atoms with Crippen LogP contribution in [-0.4, -0.2) is 14.9 Å². The van der Waals surface area contributed by atoms with Crippen LogP contribution in [0.3, 0.4) is 0 Å². The summed E-state index contributed by atoms with van der Waals surface area (Å²) >= 11 is 5.82. The zero-order valence-corrected chi connectivity index (χ0v) is 11.1. The molecule has 2 aromatic heterocycles. The molecule has 0 bridgehead atoms. The molecule has 0 N–H and O–H groups in total. The summed E-state index contributed by atoms with van der Waals surface area (Å²) in [5.74, 6) is -0.00407. The number of aromatic nitrogens is 3. The summed E-state index contributed by atoms with van der Waals surface area (Å²) in [6.07, 6.45) is -2.25. The largest absolute Gasteiger partial charge is 0.434 e. The molecule has 3 rings (SSSR count). The maximum absolute atomic E-state index is 13.4. The summed E-state index contributed by atoms with van der Waals surface area (Å²) < 4.78 is 45.7. The molecule has 108 valence electrons. The van der Waals surface area contributed by atoms with Crippen LogP contribution in [0.4, 0.5) is 13.2 Å². The van der Waals surface area contributed by atoms with Gasteiger partial charge in [-0.15, -0.1) is 0 Å². The summed E-state index contributed by atoms with van der Waals surface area (Å²) in [4.78, 5) is 0. The lowest BCUT2D eigenvalue weighted by molar-refractivity contribution is -0.142. The molecule has 0 radical (unpaired) electrons. The standard InChI is InChI=1S/C13H7ClF3N3O/c14-8-2-1-3-9(6-8)20-12(13(15,16)17)10(7-18-20)11-4-5-19-21-11/h1-7H. The molecule has 3 aromatic rings. The van der Waals surface area contributed by atoms with E-state index in [2.05, 4.69) is 10.3 Å². The van der Waals surface area contributed by atoms with Crippen LogP contribution in [0.2, 0.25) is 5.02 Å². The van der Waals surface area contributed by atoms with Crippen molar-refractivity contribution in [2.45, 2.75) is 6.18 Å². The molecular formula is C13H7ClF3N3O. The van der Waals surface area contributed by atoms with Crippen molar-refractivity contribution >= 4 is 11.6 Å². The second-order valence-electron chi connectivity index (χ2n) is 4.17. The third-order valence-corrected chi connectivity index (χ3v) is 3.03. The number of rotatable bonds is 2. The van der Waals surface area contributed by atoms with Crippen molar-refractivity contribution in [3.8, 4) is 17.0 Å². The Hall–Kier alpha value is -2.28. The van der Waals surface area contributed by atoms with Crippen LogP contribution < -0.4 is 0 Å². The summed E-state index contributed by atoms with van der Waals surface area (Å²) in [6.45, 7) is 0. The van der Waals surface area contributed by atoms with Gasteiger partial charge in [0.15, 0.2) is 11.5 Å². The van der Waals surface area contributed by atoms with Crippen LogP contribution in [0.15, 0.2) is 47.2 Å². The quantitative estimate of drug-likeness (QED) is 0.712. The van der Waals surface area contributed by atoms with Gasteiger partial charge in [0, 0.05) is 11.1 Å². The van der Waals surface area contributed by atoms with Crippen molar-refractivity contribution in [3.63, 3.8) is 0 Å². The Morgan fingerprint density at radius 1 is 1.19 bits per heavy atom. The highest BCUT2D eigenvalue weighted by Crippen LogP contribution is 2.38. The minimum Gasteiger partial charge on any atom is -0.356 e. The molecule has 0 saturated heterocycles. The van der Waals surface area contributed by atoms with E-state index in [1.54, 1.807) is 12.1 Å². The predicted molar refractivity (Wildman–Crippen MR) is 69.1 cm³/mol. The van der Waals surface area contributed by atoms with Gasteiger partial charge in [-0.3, -0.25) is 0 Å². The van der Waals surface area contributed by atoms with E-state index in [-0.39, 0.29) is 17.0 Å². The number of hydrogen-bond acceptors (Lipinski definition) is 3. The van der Waals surface area contributed by atoms with Crippen molar-refractivity contribution < 1.29 is 17.7 Å². The van der Waals surface area contributed by atoms with Gasteiger partial charge in [0.05, 0.1) is 23.6 Å². The minimum absolute atomic E-state index is 0.00407. The van der Waals surface area contributed by atoms with Crippen LogP contribution in [0.5, 0.6) is 0 Å². The molecule has 0 spiro atoms. The van der Waals surface area contributed by atoms with Crippen LogP contribution in [0.1, 0.15) is 5.69 Å². The lowest BCUT2D eigenvalue weighted by Crippen LogP contribution is -2.14. The summed E-state index contributed by atoms with van der Waals surface area (Å²) in [6, 6.07) is 7.34. The summed E-state index contributed by atoms with van der Waals surface area (Å²) in [5, 5.41) is 7.53. The van der Waals surface area contributed by atoms with E-state index < -0.39 is 11.9 Å². The molecule has 0 aliphatic carbocycles. The molecule has 8 heteroatoms. The van der Waals surface area contributed by atoms with Gasteiger partial charge in [-0.2, -0.15) is 18.3 Å². The Bertz CT molecular complexity index is 765. The highest BCUT2D eigenvalue weighted by Gasteiger charge is 2.39. The number of halogens is 4. The van der Waals surface area contributed by atoms with Crippen molar-refractivity contribution in [3.05, 3.63) is 53.4 Å². The molecule has 2 heterocycles. The fourth-order valence-electron chi connectivity index (χ4n) is 1.96. The smallest absolute Gasteiger partial charge is 0.356 e. The molecule has 1 aromatic carbocycles. The first kappa shape index (κ1) is 13.7. The zero-order chi connectivity index (χ0) is 15.0. The van der Waals surface area contributed by atoms with Crippen LogP contribution >= 0.6 is 11.6 Å². The average Bonchev–Trinajstić information content (AvgIpc) is 3.07. The maximum atomic E-state index is 13.4. The number of alkyl halides is 3. The second-order valence-corrected chi connectivity index (χ2v) is 4.61. The van der Waals surface area contributed by atoms with Gasteiger partial charge in [-0.1, -0.05) is 22.8 Å². The van der Waals surface area contributed by atoms with Crippen molar-refractivity contribution in [1.82, 2.24) is 14.9 Å². The first-order chi connectivity index (χ1) is 9.97. The zero-order valence-electron chi connectivity index (χ0n) is 10.3. The number of nitrogens with zero attached hydrogens (tertiary/aromatic N) is 3. The highest BCUT2D eigenvalue weighted by atomic mass is 35.5. The second kappa shape index (κ2) is 4.92. The van der Waals surface area contributed by atoms with Gasteiger partial charge in [0.25, 0.3) is 0 Å². The van der Waals surface area contributed by atoms with Crippen LogP contribution in [0, 0.1) is 0 Å². The fraction of sp³-hybridized carbons (Fsp3) is 0.0769. The Kier molecular flexibility index (Phi) is 3.21. The van der Waals surface area contributed by atoms with Crippen molar-refractivity contribution in [2.24, 2.45) is 0 Å². The third kappa shape index (κ3) is 2.52. The fourth-order valence-corrected chi connectivity index (χ4v) is 2.14. The number of hydrogen-bond donors (Lipinski definition) is 0. The summed E-state index contributed by atoms with van der Waals surface area (Å²) in [5.41, 5.74) is -0.915. The van der Waals surface area contributed by atoms with Crippen LogP contribution in [0.25, 0.3) is 17.0 Å². The van der Waals surface area contributed by atoms with Gasteiger partial charge in [-0.05, 0) is 18.2 Å². The average molecular weight is 314 g/mol. The maximum Gasteiger partial charge on any atom is 0.434 e. The van der Waals surface area contributed by atoms with Gasteiger partial charge in [0.2, 0.25) is 0 Å². The molecule has 21 heavy (non-hydrogen) atoms. The Labute approximate surface area is 121 Å². The third-order valence-electron chi connectivity index (χ3n) is 2.79. The van der Waals surface area contributed by atoms with E-state index in [9.17, 15) is 13.2 Å².